The molecule has 0 radical (unpaired) electrons. The van der Waals surface area contributed by atoms with E-state index >= 15 is 0 Å². The van der Waals surface area contributed by atoms with Crippen LogP contribution < -0.4 is 15.4 Å². The number of nitrogens with one attached hydrogen (secondary N) is 2. The van der Waals surface area contributed by atoms with Crippen LogP contribution in [0.25, 0.3) is 0 Å². The van der Waals surface area contributed by atoms with E-state index in [2.05, 4.69) is 20.6 Å². The summed E-state index contributed by atoms with van der Waals surface area (Å²) in [6.07, 6.45) is 1.76. The van der Waals surface area contributed by atoms with Crippen LogP contribution in [0.15, 0.2) is 59.7 Å². The van der Waals surface area contributed by atoms with E-state index in [1.807, 2.05) is 60.1 Å². The fourth-order valence-corrected chi connectivity index (χ4v) is 3.14. The van der Waals surface area contributed by atoms with Gasteiger partial charge in [0.15, 0.2) is 5.96 Å². The zero-order valence-electron chi connectivity index (χ0n) is 16.7. The minimum absolute atomic E-state index is 0. The van der Waals surface area contributed by atoms with Crippen molar-refractivity contribution in [3.63, 3.8) is 0 Å². The Hall–Kier alpha value is -1.97. The highest BCUT2D eigenvalue weighted by atomic mass is 127. The molecule has 30 heavy (non-hydrogen) atoms. The number of hydrogen-bond acceptors (Lipinski definition) is 3. The van der Waals surface area contributed by atoms with Crippen LogP contribution in [0.1, 0.15) is 17.0 Å². The van der Waals surface area contributed by atoms with Gasteiger partial charge in [-0.05, 0) is 35.9 Å². The Bertz CT molecular complexity index is 979. The predicted molar refractivity (Wildman–Crippen MR) is 133 cm³/mol. The van der Waals surface area contributed by atoms with Crippen molar-refractivity contribution in [2.75, 3.05) is 7.05 Å². The number of nitrogens with zero attached hydrogens (tertiary/aromatic N) is 3. The first kappa shape index (κ1) is 24.3. The number of halogens is 3. The summed E-state index contributed by atoms with van der Waals surface area (Å²) in [6.45, 7) is 1.59. The molecule has 0 fully saturated rings. The summed E-state index contributed by atoms with van der Waals surface area (Å²) in [6, 6.07) is 15.5. The summed E-state index contributed by atoms with van der Waals surface area (Å²) in [5.74, 6) is 1.48. The highest BCUT2D eigenvalue weighted by Crippen LogP contribution is 2.24. The second kappa shape index (κ2) is 12.0. The summed E-state index contributed by atoms with van der Waals surface area (Å²) >= 11 is 12.2. The monoisotopic (exact) mass is 559 g/mol. The van der Waals surface area contributed by atoms with Gasteiger partial charge in [0.1, 0.15) is 17.5 Å². The first-order chi connectivity index (χ1) is 14.1. The molecule has 2 heterocycles. The molecule has 0 amide bonds. The number of aromatic nitrogens is 2. The summed E-state index contributed by atoms with van der Waals surface area (Å²) in [7, 11) is 3.60. The van der Waals surface area contributed by atoms with E-state index in [-0.39, 0.29) is 24.0 Å². The standard InChI is InChI=1S/C21H23Cl2N5O.HI/c1-24-21(27-13-17-11-19(22)20(23)28(17)2)26-12-15-6-5-8-18(10-15)29-14-16-7-3-4-9-25-16;/h3-11H,12-14H2,1-2H3,(H2,24,26,27);1H. The molecule has 0 saturated carbocycles. The lowest BCUT2D eigenvalue weighted by Gasteiger charge is -2.13. The molecule has 0 atom stereocenters. The maximum absolute atomic E-state index is 6.11. The summed E-state index contributed by atoms with van der Waals surface area (Å²) in [5, 5.41) is 7.61. The second-order valence-electron chi connectivity index (χ2n) is 6.37. The molecule has 1 aromatic carbocycles. The lowest BCUT2D eigenvalue weighted by atomic mass is 10.2. The Morgan fingerprint density at radius 2 is 1.90 bits per heavy atom. The number of aliphatic imine (C=N–C) groups is 1. The maximum atomic E-state index is 6.11. The van der Waals surface area contributed by atoms with Crippen LogP contribution in [0, 0.1) is 0 Å². The highest BCUT2D eigenvalue weighted by molar-refractivity contribution is 14.0. The topological polar surface area (TPSA) is 63.5 Å². The number of hydrogen-bond donors (Lipinski definition) is 2. The van der Waals surface area contributed by atoms with Gasteiger partial charge < -0.3 is 19.9 Å². The zero-order valence-corrected chi connectivity index (χ0v) is 20.6. The third-order valence-electron chi connectivity index (χ3n) is 4.35. The average Bonchev–Trinajstić information content (AvgIpc) is 3.00. The van der Waals surface area contributed by atoms with Gasteiger partial charge in [0.25, 0.3) is 0 Å². The average molecular weight is 560 g/mol. The first-order valence-corrected chi connectivity index (χ1v) is 9.88. The van der Waals surface area contributed by atoms with Crippen LogP contribution >= 0.6 is 47.2 Å². The van der Waals surface area contributed by atoms with Crippen LogP contribution in [0.3, 0.4) is 0 Å². The van der Waals surface area contributed by atoms with E-state index in [1.165, 1.54) is 0 Å². The van der Waals surface area contributed by atoms with Gasteiger partial charge in [-0.25, -0.2) is 0 Å². The van der Waals surface area contributed by atoms with Crippen molar-refractivity contribution in [1.29, 1.82) is 0 Å². The predicted octanol–water partition coefficient (Wildman–Crippen LogP) is 4.79. The quantitative estimate of drug-likeness (QED) is 0.248. The summed E-state index contributed by atoms with van der Waals surface area (Å²) in [5.41, 5.74) is 2.94. The number of benzene rings is 1. The summed E-state index contributed by atoms with van der Waals surface area (Å²) in [4.78, 5) is 8.52. The number of guanidine groups is 1. The molecule has 6 nitrogen and oxygen atoms in total. The van der Waals surface area contributed by atoms with Crippen molar-refractivity contribution in [2.24, 2.45) is 12.0 Å². The summed E-state index contributed by atoms with van der Waals surface area (Å²) < 4.78 is 7.67. The Balaban J connectivity index is 0.00000320. The molecule has 0 unspecified atom stereocenters. The van der Waals surface area contributed by atoms with Gasteiger partial charge in [0.2, 0.25) is 0 Å². The normalized spacial score (nSPS) is 11.0. The Morgan fingerprint density at radius 3 is 2.57 bits per heavy atom. The Morgan fingerprint density at radius 1 is 1.10 bits per heavy atom. The lowest BCUT2D eigenvalue weighted by Crippen LogP contribution is -2.36. The van der Waals surface area contributed by atoms with Crippen molar-refractivity contribution in [1.82, 2.24) is 20.2 Å². The fourth-order valence-electron chi connectivity index (χ4n) is 2.73. The van der Waals surface area contributed by atoms with Crippen LogP contribution in [0.4, 0.5) is 0 Å². The molecule has 0 spiro atoms. The minimum Gasteiger partial charge on any atom is -0.487 e. The lowest BCUT2D eigenvalue weighted by molar-refractivity contribution is 0.301. The van der Waals surface area contributed by atoms with E-state index in [9.17, 15) is 0 Å². The third-order valence-corrected chi connectivity index (χ3v) is 5.19. The molecule has 0 aliphatic rings. The minimum atomic E-state index is 0. The van der Waals surface area contributed by atoms with Crippen molar-refractivity contribution < 1.29 is 4.74 Å². The Labute approximate surface area is 203 Å². The first-order valence-electron chi connectivity index (χ1n) is 9.12. The molecule has 2 N–H and O–H groups in total. The highest BCUT2D eigenvalue weighted by Gasteiger charge is 2.09. The van der Waals surface area contributed by atoms with Crippen LogP contribution in [-0.4, -0.2) is 22.6 Å². The van der Waals surface area contributed by atoms with E-state index in [0.717, 1.165) is 22.7 Å². The number of rotatable bonds is 7. The maximum Gasteiger partial charge on any atom is 0.191 e. The van der Waals surface area contributed by atoms with Gasteiger partial charge in [-0.15, -0.1) is 24.0 Å². The van der Waals surface area contributed by atoms with Gasteiger partial charge in [-0.2, -0.15) is 0 Å². The number of pyridine rings is 1. The SMILES string of the molecule is CN=C(NCc1cccc(OCc2ccccn2)c1)NCc1cc(Cl)c(Cl)n1C.I. The molecule has 0 saturated heterocycles. The zero-order chi connectivity index (χ0) is 20.6. The molecule has 0 bridgehead atoms. The molecule has 160 valence electrons. The molecule has 2 aromatic heterocycles. The molecule has 9 heteroatoms. The molecule has 3 aromatic rings. The van der Waals surface area contributed by atoms with Crippen molar-refractivity contribution in [2.45, 2.75) is 19.7 Å². The molecular formula is C21H24Cl2IN5O. The van der Waals surface area contributed by atoms with E-state index < -0.39 is 0 Å². The molecular weight excluding hydrogens is 536 g/mol. The van der Waals surface area contributed by atoms with Crippen LogP contribution in [-0.2, 0) is 26.7 Å². The smallest absolute Gasteiger partial charge is 0.191 e. The molecule has 3 rings (SSSR count). The third kappa shape index (κ3) is 6.78. The Kier molecular flexibility index (Phi) is 9.74. The fraction of sp³-hybridized carbons (Fsp3) is 0.238. The van der Waals surface area contributed by atoms with Crippen LogP contribution in [0.5, 0.6) is 5.75 Å². The second-order valence-corrected chi connectivity index (χ2v) is 7.14. The van der Waals surface area contributed by atoms with Crippen molar-refractivity contribution in [3.8, 4) is 5.75 Å². The van der Waals surface area contributed by atoms with E-state index in [4.69, 9.17) is 27.9 Å². The van der Waals surface area contributed by atoms with Crippen LogP contribution in [0.2, 0.25) is 10.2 Å². The van der Waals surface area contributed by atoms with Crippen molar-refractivity contribution >= 4 is 53.1 Å². The van der Waals surface area contributed by atoms with Gasteiger partial charge in [-0.3, -0.25) is 9.98 Å². The van der Waals surface area contributed by atoms with Crippen molar-refractivity contribution in [3.05, 3.63) is 81.9 Å². The van der Waals surface area contributed by atoms with E-state index in [1.54, 1.807) is 13.2 Å². The van der Waals surface area contributed by atoms with E-state index in [0.29, 0.717) is 35.8 Å². The largest absolute Gasteiger partial charge is 0.487 e. The number of ether oxygens (including phenoxy) is 1. The van der Waals surface area contributed by atoms with Gasteiger partial charge in [0, 0.05) is 32.5 Å². The molecule has 0 aliphatic heterocycles. The van der Waals surface area contributed by atoms with Gasteiger partial charge in [0.05, 0.1) is 17.3 Å². The van der Waals surface area contributed by atoms with Gasteiger partial charge in [-0.1, -0.05) is 41.4 Å². The van der Waals surface area contributed by atoms with Gasteiger partial charge >= 0.3 is 0 Å². The molecule has 0 aliphatic carbocycles.